The molecule has 180 valence electrons. The molecule has 0 spiro atoms. The molecule has 1 aliphatic carbocycles. The fourth-order valence-corrected chi connectivity index (χ4v) is 7.51. The molecule has 8 nitrogen and oxygen atoms in total. The van der Waals surface area contributed by atoms with Crippen LogP contribution >= 0.6 is 0 Å². The molecule has 1 aromatic rings. The second-order valence-electron chi connectivity index (χ2n) is 9.42. The van der Waals surface area contributed by atoms with E-state index < -0.39 is 15.3 Å². The van der Waals surface area contributed by atoms with Gasteiger partial charge in [-0.2, -0.15) is 0 Å². The quantitative estimate of drug-likeness (QED) is 0.588. The van der Waals surface area contributed by atoms with Gasteiger partial charge in [-0.15, -0.1) is 0 Å². The number of amides is 3. The molecule has 2 atom stereocenters. The highest BCUT2D eigenvalue weighted by Crippen LogP contribution is 2.40. The number of hydrogen-bond acceptors (Lipinski definition) is 4. The largest absolute Gasteiger partial charge is 0.350 e. The minimum atomic E-state index is -3.38. The van der Waals surface area contributed by atoms with E-state index >= 15 is 0 Å². The van der Waals surface area contributed by atoms with Gasteiger partial charge in [0.15, 0.2) is 0 Å². The molecule has 3 fully saturated rings. The van der Waals surface area contributed by atoms with Crippen molar-refractivity contribution in [1.29, 1.82) is 0 Å². The van der Waals surface area contributed by atoms with Crippen molar-refractivity contribution in [3.8, 4) is 0 Å². The van der Waals surface area contributed by atoms with Gasteiger partial charge in [-0.25, -0.2) is 17.5 Å². The molecular formula is C24H34N4O4S. The Morgan fingerprint density at radius 2 is 1.70 bits per heavy atom. The summed E-state index contributed by atoms with van der Waals surface area (Å²) in [6.07, 6.45) is 4.62. The zero-order valence-corrected chi connectivity index (χ0v) is 19.8. The molecule has 3 aliphatic rings. The van der Waals surface area contributed by atoms with Crippen LogP contribution in [0.4, 0.5) is 4.79 Å². The maximum Gasteiger partial charge on any atom is 0.317 e. The van der Waals surface area contributed by atoms with Crippen LogP contribution in [0.2, 0.25) is 0 Å². The number of sulfonamides is 1. The van der Waals surface area contributed by atoms with E-state index in [-0.39, 0.29) is 18.0 Å². The first-order valence-corrected chi connectivity index (χ1v) is 13.4. The standard InChI is InChI=1S/C24H34N4O4S/c1-2-23(29)26-21-14-19-16-28(17-20(19)15-21)33(31,32)22-9-12-27(13-10-22)24(30)25-11-8-18-6-4-3-5-7-18/h2-7,19-22H,1,8-17H2,(H,25,30)(H,26,29). The molecule has 2 saturated heterocycles. The Hall–Kier alpha value is -2.39. The van der Waals surface area contributed by atoms with E-state index in [0.29, 0.717) is 57.4 Å². The normalized spacial score (nSPS) is 26.1. The van der Waals surface area contributed by atoms with Crippen molar-refractivity contribution < 1.29 is 18.0 Å². The van der Waals surface area contributed by atoms with Crippen LogP contribution in [-0.2, 0) is 21.2 Å². The second kappa shape index (κ2) is 10.3. The van der Waals surface area contributed by atoms with Gasteiger partial charge in [0.2, 0.25) is 15.9 Å². The highest BCUT2D eigenvalue weighted by Gasteiger charge is 2.47. The highest BCUT2D eigenvalue weighted by atomic mass is 32.2. The highest BCUT2D eigenvalue weighted by molar-refractivity contribution is 7.89. The van der Waals surface area contributed by atoms with E-state index in [4.69, 9.17) is 0 Å². The number of rotatable bonds is 7. The summed E-state index contributed by atoms with van der Waals surface area (Å²) in [6.45, 7) is 6.03. The van der Waals surface area contributed by atoms with Crippen LogP contribution in [0.25, 0.3) is 0 Å². The number of piperidine rings is 1. The molecule has 0 bridgehead atoms. The number of carbonyl (C=O) groups is 2. The smallest absolute Gasteiger partial charge is 0.317 e. The Kier molecular flexibility index (Phi) is 7.38. The fraction of sp³-hybridized carbons (Fsp3) is 0.583. The molecule has 0 radical (unpaired) electrons. The summed E-state index contributed by atoms with van der Waals surface area (Å²) in [6, 6.07) is 9.99. The Morgan fingerprint density at radius 1 is 1.06 bits per heavy atom. The van der Waals surface area contributed by atoms with Gasteiger partial charge in [0.25, 0.3) is 0 Å². The molecule has 33 heavy (non-hydrogen) atoms. The lowest BCUT2D eigenvalue weighted by Crippen LogP contribution is -2.49. The van der Waals surface area contributed by atoms with Gasteiger partial charge >= 0.3 is 6.03 Å². The molecule has 1 aromatic carbocycles. The number of likely N-dealkylation sites (tertiary alicyclic amines) is 1. The molecule has 2 heterocycles. The number of fused-ring (bicyclic) bond motifs is 1. The van der Waals surface area contributed by atoms with Crippen LogP contribution in [0.1, 0.15) is 31.2 Å². The summed E-state index contributed by atoms with van der Waals surface area (Å²) in [7, 11) is -3.38. The Bertz CT molecular complexity index is 946. The van der Waals surface area contributed by atoms with Crippen molar-refractivity contribution in [2.24, 2.45) is 11.8 Å². The van der Waals surface area contributed by atoms with E-state index in [1.54, 1.807) is 9.21 Å². The van der Waals surface area contributed by atoms with Crippen molar-refractivity contribution in [1.82, 2.24) is 19.8 Å². The number of nitrogens with one attached hydrogen (secondary N) is 2. The maximum absolute atomic E-state index is 13.3. The number of carbonyl (C=O) groups excluding carboxylic acids is 2. The molecule has 2 aliphatic heterocycles. The molecule has 2 N–H and O–H groups in total. The van der Waals surface area contributed by atoms with Crippen LogP contribution in [0.3, 0.4) is 0 Å². The Morgan fingerprint density at radius 3 is 2.30 bits per heavy atom. The third kappa shape index (κ3) is 5.58. The summed E-state index contributed by atoms with van der Waals surface area (Å²) >= 11 is 0. The van der Waals surface area contributed by atoms with Crippen molar-refractivity contribution in [2.75, 3.05) is 32.7 Å². The number of benzene rings is 1. The van der Waals surface area contributed by atoms with E-state index in [1.807, 2.05) is 30.3 Å². The van der Waals surface area contributed by atoms with Gasteiger partial charge in [0, 0.05) is 38.8 Å². The fourth-order valence-electron chi connectivity index (χ4n) is 5.48. The van der Waals surface area contributed by atoms with Crippen LogP contribution in [0, 0.1) is 11.8 Å². The van der Waals surface area contributed by atoms with Gasteiger partial charge in [0.05, 0.1) is 5.25 Å². The lowest BCUT2D eigenvalue weighted by Gasteiger charge is -2.33. The van der Waals surface area contributed by atoms with Crippen LogP contribution in [-0.4, -0.2) is 73.6 Å². The SMILES string of the molecule is C=CC(=O)NC1CC2CN(S(=O)(=O)C3CCN(C(=O)NCCc4ccccc4)CC3)CC2C1. The first-order valence-electron chi connectivity index (χ1n) is 11.9. The molecule has 1 saturated carbocycles. The average Bonchev–Trinajstić information content (AvgIpc) is 3.39. The zero-order valence-electron chi connectivity index (χ0n) is 19.0. The minimum Gasteiger partial charge on any atom is -0.350 e. The molecule has 3 amide bonds. The van der Waals surface area contributed by atoms with Crippen molar-refractivity contribution in [3.05, 3.63) is 48.6 Å². The second-order valence-corrected chi connectivity index (χ2v) is 11.6. The van der Waals surface area contributed by atoms with E-state index in [9.17, 15) is 18.0 Å². The third-order valence-electron chi connectivity index (χ3n) is 7.29. The first kappa shape index (κ1) is 23.8. The topological polar surface area (TPSA) is 98.8 Å². The number of nitrogens with zero attached hydrogens (tertiary/aromatic N) is 2. The van der Waals surface area contributed by atoms with E-state index in [1.165, 1.54) is 11.6 Å². The van der Waals surface area contributed by atoms with Crippen molar-refractivity contribution >= 4 is 22.0 Å². The predicted molar refractivity (Wildman–Crippen MR) is 127 cm³/mol. The van der Waals surface area contributed by atoms with Gasteiger partial charge in [0.1, 0.15) is 0 Å². The van der Waals surface area contributed by atoms with E-state index in [2.05, 4.69) is 17.2 Å². The summed E-state index contributed by atoms with van der Waals surface area (Å²) in [5, 5.41) is 5.46. The van der Waals surface area contributed by atoms with E-state index in [0.717, 1.165) is 19.3 Å². The maximum atomic E-state index is 13.3. The zero-order chi connectivity index (χ0) is 23.4. The third-order valence-corrected chi connectivity index (χ3v) is 9.62. The summed E-state index contributed by atoms with van der Waals surface area (Å²) in [5.41, 5.74) is 1.17. The molecule has 4 rings (SSSR count). The predicted octanol–water partition coefficient (Wildman–Crippen LogP) is 1.75. The molecule has 2 unspecified atom stereocenters. The summed E-state index contributed by atoms with van der Waals surface area (Å²) < 4.78 is 28.2. The molecule has 9 heteroatoms. The summed E-state index contributed by atoms with van der Waals surface area (Å²) in [5.74, 6) is 0.427. The number of hydrogen-bond donors (Lipinski definition) is 2. The van der Waals surface area contributed by atoms with Gasteiger partial charge in [-0.1, -0.05) is 36.9 Å². The van der Waals surface area contributed by atoms with Crippen LogP contribution in [0.5, 0.6) is 0 Å². The molecular weight excluding hydrogens is 440 g/mol. The lowest BCUT2D eigenvalue weighted by atomic mass is 10.0. The lowest BCUT2D eigenvalue weighted by molar-refractivity contribution is -0.117. The van der Waals surface area contributed by atoms with Crippen LogP contribution < -0.4 is 10.6 Å². The first-order chi connectivity index (χ1) is 15.9. The Balaban J connectivity index is 1.21. The van der Waals surface area contributed by atoms with Crippen molar-refractivity contribution in [3.63, 3.8) is 0 Å². The number of urea groups is 1. The Labute approximate surface area is 196 Å². The minimum absolute atomic E-state index is 0.110. The van der Waals surface area contributed by atoms with Gasteiger partial charge in [-0.3, -0.25) is 4.79 Å². The van der Waals surface area contributed by atoms with Crippen molar-refractivity contribution in [2.45, 2.75) is 43.4 Å². The average molecular weight is 475 g/mol. The van der Waals surface area contributed by atoms with Crippen LogP contribution in [0.15, 0.2) is 43.0 Å². The van der Waals surface area contributed by atoms with Gasteiger partial charge < -0.3 is 15.5 Å². The summed E-state index contributed by atoms with van der Waals surface area (Å²) in [4.78, 5) is 25.8. The van der Waals surface area contributed by atoms with Gasteiger partial charge in [-0.05, 0) is 55.6 Å². The monoisotopic (exact) mass is 474 g/mol. The molecule has 0 aromatic heterocycles.